The Balaban J connectivity index is 3.44. The Labute approximate surface area is 67.9 Å². The summed E-state index contributed by atoms with van der Waals surface area (Å²) in [6.07, 6.45) is 1.38. The quantitative estimate of drug-likeness (QED) is 0.460. The molecule has 4 heteroatoms. The van der Waals surface area contributed by atoms with Crippen molar-refractivity contribution in [3.8, 4) is 0 Å². The van der Waals surface area contributed by atoms with Crippen LogP contribution in [0.4, 0.5) is 0 Å². The first-order valence-corrected chi connectivity index (χ1v) is 5.47. The fourth-order valence-electron chi connectivity index (χ4n) is 0.587. The lowest BCUT2D eigenvalue weighted by molar-refractivity contribution is -0.111. The Morgan fingerprint density at radius 1 is 1.45 bits per heavy atom. The summed E-state index contributed by atoms with van der Waals surface area (Å²) in [6, 6.07) is 0. The first-order chi connectivity index (χ1) is 5.22. The molecular weight excluding hydrogens is 163 g/mol. The Hall–Kier alpha value is -0.140. The van der Waals surface area contributed by atoms with Crippen molar-refractivity contribution in [2.24, 2.45) is 0 Å². The summed E-state index contributed by atoms with van der Waals surface area (Å²) >= 11 is 0. The van der Waals surface area contributed by atoms with Crippen molar-refractivity contribution < 1.29 is 14.1 Å². The van der Waals surface area contributed by atoms with E-state index in [4.69, 9.17) is 4.74 Å². The van der Waals surface area contributed by atoms with Crippen LogP contribution in [-0.4, -0.2) is 18.5 Å². The lowest BCUT2D eigenvalue weighted by atomic mass is 10.5. The zero-order valence-corrected chi connectivity index (χ0v) is 8.05. The van der Waals surface area contributed by atoms with Crippen LogP contribution in [0.2, 0.25) is 0 Å². The molecule has 0 rings (SSSR count). The molecule has 11 heavy (non-hydrogen) atoms. The van der Waals surface area contributed by atoms with Crippen LogP contribution in [0.15, 0.2) is 0 Å². The van der Waals surface area contributed by atoms with Gasteiger partial charge in [0.15, 0.2) is 13.3 Å². The van der Waals surface area contributed by atoms with E-state index in [9.17, 15) is 9.36 Å². The van der Waals surface area contributed by atoms with Gasteiger partial charge in [0.05, 0.1) is 0 Å². The standard InChI is InChI=1S/C7H15O3P/c1-3-5-10-6-11(9)7(8)4-2/h11H,3-6H2,1-2H3. The molecule has 0 aliphatic carbocycles. The topological polar surface area (TPSA) is 43.4 Å². The largest absolute Gasteiger partial charge is 0.374 e. The molecule has 1 unspecified atom stereocenters. The zero-order chi connectivity index (χ0) is 8.69. The molecule has 0 aromatic heterocycles. The molecule has 3 nitrogen and oxygen atoms in total. The summed E-state index contributed by atoms with van der Waals surface area (Å²) in [5, 5.41) is 0. The van der Waals surface area contributed by atoms with E-state index >= 15 is 0 Å². The molecule has 0 amide bonds. The predicted molar refractivity (Wildman–Crippen MR) is 45.4 cm³/mol. The molecule has 0 aromatic carbocycles. The van der Waals surface area contributed by atoms with Gasteiger partial charge in [-0.2, -0.15) is 0 Å². The van der Waals surface area contributed by atoms with Gasteiger partial charge in [0.2, 0.25) is 0 Å². The summed E-state index contributed by atoms with van der Waals surface area (Å²) in [7, 11) is -2.10. The molecule has 0 heterocycles. The highest BCUT2D eigenvalue weighted by molar-refractivity contribution is 7.63. The molecule has 0 bridgehead atoms. The first-order valence-electron chi connectivity index (χ1n) is 3.86. The highest BCUT2D eigenvalue weighted by Crippen LogP contribution is 2.22. The molecule has 66 valence electrons. The lowest BCUT2D eigenvalue weighted by Gasteiger charge is -1.99. The smallest absolute Gasteiger partial charge is 0.190 e. The molecule has 1 atom stereocenters. The van der Waals surface area contributed by atoms with Gasteiger partial charge in [0.1, 0.15) is 6.35 Å². The number of hydrogen-bond acceptors (Lipinski definition) is 3. The molecule has 0 aliphatic rings. The third-order valence-electron chi connectivity index (χ3n) is 1.21. The Morgan fingerprint density at radius 2 is 2.09 bits per heavy atom. The van der Waals surface area contributed by atoms with Crippen molar-refractivity contribution in [3.05, 3.63) is 0 Å². The van der Waals surface area contributed by atoms with Gasteiger partial charge in [0.25, 0.3) is 0 Å². The average molecular weight is 178 g/mol. The van der Waals surface area contributed by atoms with E-state index in [-0.39, 0.29) is 11.9 Å². The molecular formula is C7H15O3P. The Bertz CT molecular complexity index is 145. The van der Waals surface area contributed by atoms with Crippen LogP contribution in [0.3, 0.4) is 0 Å². The molecule has 0 saturated carbocycles. The molecule has 0 radical (unpaired) electrons. The minimum atomic E-state index is -2.10. The van der Waals surface area contributed by atoms with E-state index in [1.165, 1.54) is 0 Å². The zero-order valence-electron chi connectivity index (χ0n) is 7.05. The van der Waals surface area contributed by atoms with Crippen LogP contribution in [-0.2, 0) is 14.1 Å². The van der Waals surface area contributed by atoms with Gasteiger partial charge in [-0.25, -0.2) is 0 Å². The maximum atomic E-state index is 11.0. The maximum absolute atomic E-state index is 11.0. The van der Waals surface area contributed by atoms with Crippen molar-refractivity contribution in [2.75, 3.05) is 13.0 Å². The summed E-state index contributed by atoms with van der Waals surface area (Å²) in [5.41, 5.74) is -0.161. The van der Waals surface area contributed by atoms with Gasteiger partial charge in [-0.05, 0) is 6.42 Å². The third-order valence-corrected chi connectivity index (χ3v) is 2.66. The normalized spacial score (nSPS) is 12.9. The average Bonchev–Trinajstić information content (AvgIpc) is 2.03. The maximum Gasteiger partial charge on any atom is 0.190 e. The number of ether oxygens (including phenoxy) is 1. The van der Waals surface area contributed by atoms with Crippen LogP contribution in [0.1, 0.15) is 26.7 Å². The second kappa shape index (κ2) is 6.56. The third kappa shape index (κ3) is 5.16. The number of carbonyl (C=O) groups is 1. The Morgan fingerprint density at radius 3 is 2.55 bits per heavy atom. The second-order valence-electron chi connectivity index (χ2n) is 2.25. The fourth-order valence-corrected chi connectivity index (χ4v) is 1.47. The predicted octanol–water partition coefficient (Wildman–Crippen LogP) is 1.87. The van der Waals surface area contributed by atoms with E-state index in [0.717, 1.165) is 6.42 Å². The van der Waals surface area contributed by atoms with Crippen LogP contribution in [0.25, 0.3) is 0 Å². The van der Waals surface area contributed by atoms with Gasteiger partial charge < -0.3 is 9.30 Å². The van der Waals surface area contributed by atoms with E-state index in [1.807, 2.05) is 6.92 Å². The number of hydrogen-bond donors (Lipinski definition) is 0. The molecule has 0 aromatic rings. The first kappa shape index (κ1) is 10.9. The summed E-state index contributed by atoms with van der Waals surface area (Å²) < 4.78 is 15.9. The van der Waals surface area contributed by atoms with Crippen molar-refractivity contribution in [3.63, 3.8) is 0 Å². The van der Waals surface area contributed by atoms with E-state index in [2.05, 4.69) is 0 Å². The van der Waals surface area contributed by atoms with Gasteiger partial charge >= 0.3 is 0 Å². The van der Waals surface area contributed by atoms with Crippen LogP contribution < -0.4 is 0 Å². The second-order valence-corrected chi connectivity index (χ2v) is 3.95. The summed E-state index contributed by atoms with van der Waals surface area (Å²) in [4.78, 5) is 10.8. The molecule has 0 spiro atoms. The minimum absolute atomic E-state index is 0.130. The van der Waals surface area contributed by atoms with Gasteiger partial charge in [-0.3, -0.25) is 4.79 Å². The van der Waals surface area contributed by atoms with E-state index in [1.54, 1.807) is 6.92 Å². The summed E-state index contributed by atoms with van der Waals surface area (Å²) in [5.74, 6) is 0. The highest BCUT2D eigenvalue weighted by Gasteiger charge is 2.07. The molecule has 0 N–H and O–H groups in total. The van der Waals surface area contributed by atoms with Crippen molar-refractivity contribution >= 4 is 13.3 Å². The molecule has 0 saturated heterocycles. The van der Waals surface area contributed by atoms with Crippen molar-refractivity contribution in [1.29, 1.82) is 0 Å². The van der Waals surface area contributed by atoms with Crippen LogP contribution in [0.5, 0.6) is 0 Å². The van der Waals surface area contributed by atoms with Crippen molar-refractivity contribution in [2.45, 2.75) is 26.7 Å². The van der Waals surface area contributed by atoms with Gasteiger partial charge in [-0.1, -0.05) is 13.8 Å². The molecule has 0 fully saturated rings. The monoisotopic (exact) mass is 178 g/mol. The van der Waals surface area contributed by atoms with Crippen LogP contribution in [0, 0.1) is 0 Å². The van der Waals surface area contributed by atoms with Crippen LogP contribution >= 0.6 is 7.80 Å². The lowest BCUT2D eigenvalue weighted by Crippen LogP contribution is -1.96. The SMILES string of the molecule is CCCOC[PH](=O)C(=O)CC. The van der Waals surface area contributed by atoms with Crippen molar-refractivity contribution in [1.82, 2.24) is 0 Å². The Kier molecular flexibility index (Phi) is 6.48. The minimum Gasteiger partial charge on any atom is -0.374 e. The molecule has 0 aliphatic heterocycles. The summed E-state index contributed by atoms with van der Waals surface area (Å²) in [6.45, 7) is 4.27. The van der Waals surface area contributed by atoms with E-state index < -0.39 is 7.80 Å². The number of carbonyl (C=O) groups excluding carboxylic acids is 1. The fraction of sp³-hybridized carbons (Fsp3) is 0.857. The highest BCUT2D eigenvalue weighted by atomic mass is 31.1. The number of rotatable bonds is 6. The van der Waals surface area contributed by atoms with Gasteiger partial charge in [0, 0.05) is 13.0 Å². The van der Waals surface area contributed by atoms with Gasteiger partial charge in [-0.15, -0.1) is 0 Å². The van der Waals surface area contributed by atoms with E-state index in [0.29, 0.717) is 13.0 Å².